The number of rotatable bonds is 3. The molecule has 6 heteroatoms. The van der Waals surface area contributed by atoms with Crippen molar-refractivity contribution in [1.29, 1.82) is 0 Å². The van der Waals surface area contributed by atoms with E-state index in [1.165, 1.54) is 12.1 Å². The van der Waals surface area contributed by atoms with Crippen LogP contribution in [0.4, 0.5) is 5.69 Å². The van der Waals surface area contributed by atoms with Crippen molar-refractivity contribution in [3.63, 3.8) is 0 Å². The van der Waals surface area contributed by atoms with Crippen LogP contribution in [-0.4, -0.2) is 24.4 Å². The van der Waals surface area contributed by atoms with Crippen LogP contribution in [0, 0.1) is 0 Å². The van der Waals surface area contributed by atoms with Gasteiger partial charge in [0.25, 0.3) is 0 Å². The Morgan fingerprint density at radius 3 is 2.74 bits per heavy atom. The van der Waals surface area contributed by atoms with Crippen molar-refractivity contribution in [2.24, 2.45) is 5.73 Å². The summed E-state index contributed by atoms with van der Waals surface area (Å²) in [6, 6.07) is 4.49. The van der Waals surface area contributed by atoms with Gasteiger partial charge in [0, 0.05) is 5.69 Å². The van der Waals surface area contributed by atoms with Gasteiger partial charge in [-0.05, 0) is 37.6 Å². The SMILES string of the molecule is NC(=O)c1ccc(NC(=O)C2CCCCN2)cc1Cl. The highest BCUT2D eigenvalue weighted by atomic mass is 35.5. The van der Waals surface area contributed by atoms with Crippen LogP contribution in [0.1, 0.15) is 29.6 Å². The van der Waals surface area contributed by atoms with Gasteiger partial charge >= 0.3 is 0 Å². The van der Waals surface area contributed by atoms with Gasteiger partial charge in [-0.15, -0.1) is 0 Å². The van der Waals surface area contributed by atoms with E-state index in [4.69, 9.17) is 17.3 Å². The number of halogens is 1. The number of piperidine rings is 1. The van der Waals surface area contributed by atoms with E-state index in [0.717, 1.165) is 25.8 Å². The largest absolute Gasteiger partial charge is 0.366 e. The average molecular weight is 282 g/mol. The molecule has 0 bridgehead atoms. The van der Waals surface area contributed by atoms with E-state index in [9.17, 15) is 9.59 Å². The fourth-order valence-electron chi connectivity index (χ4n) is 2.10. The van der Waals surface area contributed by atoms with Crippen molar-refractivity contribution < 1.29 is 9.59 Å². The van der Waals surface area contributed by atoms with Crippen molar-refractivity contribution in [3.8, 4) is 0 Å². The number of amides is 2. The summed E-state index contributed by atoms with van der Waals surface area (Å²) >= 11 is 5.93. The topological polar surface area (TPSA) is 84.2 Å². The van der Waals surface area contributed by atoms with Crippen LogP contribution in [0.15, 0.2) is 18.2 Å². The third-order valence-electron chi connectivity index (χ3n) is 3.13. The Kier molecular flexibility index (Phi) is 4.39. The Labute approximate surface area is 116 Å². The molecule has 5 nitrogen and oxygen atoms in total. The molecule has 0 radical (unpaired) electrons. The average Bonchev–Trinajstić information content (AvgIpc) is 2.39. The van der Waals surface area contributed by atoms with Crippen LogP contribution in [0.5, 0.6) is 0 Å². The molecule has 1 unspecified atom stereocenters. The highest BCUT2D eigenvalue weighted by Crippen LogP contribution is 2.21. The molecule has 0 aromatic heterocycles. The monoisotopic (exact) mass is 281 g/mol. The number of primary amides is 1. The molecule has 19 heavy (non-hydrogen) atoms. The van der Waals surface area contributed by atoms with Gasteiger partial charge in [-0.25, -0.2) is 0 Å². The normalized spacial score (nSPS) is 18.9. The highest BCUT2D eigenvalue weighted by molar-refractivity contribution is 6.34. The van der Waals surface area contributed by atoms with Crippen molar-refractivity contribution in [3.05, 3.63) is 28.8 Å². The van der Waals surface area contributed by atoms with E-state index in [-0.39, 0.29) is 22.5 Å². The molecule has 1 aliphatic heterocycles. The predicted octanol–water partition coefficient (Wildman–Crippen LogP) is 1.52. The van der Waals surface area contributed by atoms with Crippen LogP contribution in [0.3, 0.4) is 0 Å². The van der Waals surface area contributed by atoms with Gasteiger partial charge in [0.2, 0.25) is 11.8 Å². The molecule has 0 spiro atoms. The quantitative estimate of drug-likeness (QED) is 0.785. The first-order chi connectivity index (χ1) is 9.08. The van der Waals surface area contributed by atoms with Gasteiger partial charge in [0.1, 0.15) is 0 Å². The molecular formula is C13H16ClN3O2. The summed E-state index contributed by atoms with van der Waals surface area (Å²) in [7, 11) is 0. The van der Waals surface area contributed by atoms with Crippen molar-refractivity contribution in [1.82, 2.24) is 5.32 Å². The molecule has 1 fully saturated rings. The number of hydrogen-bond acceptors (Lipinski definition) is 3. The minimum absolute atomic E-state index is 0.0809. The van der Waals surface area contributed by atoms with Crippen LogP contribution < -0.4 is 16.4 Å². The second-order valence-corrected chi connectivity index (χ2v) is 4.96. The summed E-state index contributed by atoms with van der Waals surface area (Å²) < 4.78 is 0. The zero-order valence-electron chi connectivity index (χ0n) is 10.4. The van der Waals surface area contributed by atoms with Gasteiger partial charge in [-0.1, -0.05) is 18.0 Å². The summed E-state index contributed by atoms with van der Waals surface area (Å²) in [6.07, 6.45) is 2.98. The van der Waals surface area contributed by atoms with Crippen molar-refractivity contribution in [2.45, 2.75) is 25.3 Å². The Morgan fingerprint density at radius 1 is 1.37 bits per heavy atom. The molecule has 0 saturated carbocycles. The summed E-state index contributed by atoms with van der Waals surface area (Å²) in [5, 5.41) is 6.18. The lowest BCUT2D eigenvalue weighted by Gasteiger charge is -2.22. The van der Waals surface area contributed by atoms with E-state index in [0.29, 0.717) is 5.69 Å². The maximum absolute atomic E-state index is 12.0. The van der Waals surface area contributed by atoms with Crippen LogP contribution in [-0.2, 0) is 4.79 Å². The Balaban J connectivity index is 2.04. The first-order valence-corrected chi connectivity index (χ1v) is 6.59. The number of nitrogens with two attached hydrogens (primary N) is 1. The maximum atomic E-state index is 12.0. The number of hydrogen-bond donors (Lipinski definition) is 3. The van der Waals surface area contributed by atoms with Gasteiger partial charge in [0.05, 0.1) is 16.6 Å². The number of carbonyl (C=O) groups excluding carboxylic acids is 2. The van der Waals surface area contributed by atoms with Crippen LogP contribution >= 0.6 is 11.6 Å². The van der Waals surface area contributed by atoms with E-state index in [1.807, 2.05) is 0 Å². The van der Waals surface area contributed by atoms with Crippen molar-refractivity contribution >= 4 is 29.1 Å². The number of nitrogens with one attached hydrogen (secondary N) is 2. The van der Waals surface area contributed by atoms with E-state index in [1.54, 1.807) is 6.07 Å². The van der Waals surface area contributed by atoms with Gasteiger partial charge in [-0.3, -0.25) is 9.59 Å². The Morgan fingerprint density at radius 2 is 2.16 bits per heavy atom. The fraction of sp³-hybridized carbons (Fsp3) is 0.385. The molecule has 0 aliphatic carbocycles. The third-order valence-corrected chi connectivity index (χ3v) is 3.44. The first kappa shape index (κ1) is 13.8. The smallest absolute Gasteiger partial charge is 0.250 e. The summed E-state index contributed by atoms with van der Waals surface area (Å²) in [5.74, 6) is -0.667. The lowest BCUT2D eigenvalue weighted by atomic mass is 10.0. The number of carbonyl (C=O) groups is 2. The summed E-state index contributed by atoms with van der Waals surface area (Å²) in [5.41, 5.74) is 5.97. The molecule has 1 saturated heterocycles. The second kappa shape index (κ2) is 6.04. The first-order valence-electron chi connectivity index (χ1n) is 6.21. The number of benzene rings is 1. The Hall–Kier alpha value is -1.59. The van der Waals surface area contributed by atoms with E-state index >= 15 is 0 Å². The number of anilines is 1. The van der Waals surface area contributed by atoms with E-state index in [2.05, 4.69) is 10.6 Å². The molecule has 4 N–H and O–H groups in total. The molecule has 2 amide bonds. The molecule has 1 aliphatic rings. The van der Waals surface area contributed by atoms with Gasteiger partial charge in [-0.2, -0.15) is 0 Å². The van der Waals surface area contributed by atoms with Crippen LogP contribution in [0.2, 0.25) is 5.02 Å². The molecule has 1 aromatic carbocycles. The second-order valence-electron chi connectivity index (χ2n) is 4.55. The lowest BCUT2D eigenvalue weighted by molar-refractivity contribution is -0.118. The third kappa shape index (κ3) is 3.45. The van der Waals surface area contributed by atoms with Crippen molar-refractivity contribution in [2.75, 3.05) is 11.9 Å². The molecular weight excluding hydrogens is 266 g/mol. The molecule has 1 atom stereocenters. The summed E-state index contributed by atoms with van der Waals surface area (Å²) in [6.45, 7) is 0.861. The van der Waals surface area contributed by atoms with Crippen LogP contribution in [0.25, 0.3) is 0 Å². The fourth-order valence-corrected chi connectivity index (χ4v) is 2.37. The maximum Gasteiger partial charge on any atom is 0.250 e. The lowest BCUT2D eigenvalue weighted by Crippen LogP contribution is -2.43. The molecule has 1 aromatic rings. The van der Waals surface area contributed by atoms with Gasteiger partial charge < -0.3 is 16.4 Å². The predicted molar refractivity (Wildman–Crippen MR) is 74.2 cm³/mol. The zero-order chi connectivity index (χ0) is 13.8. The minimum atomic E-state index is -0.586. The summed E-state index contributed by atoms with van der Waals surface area (Å²) in [4.78, 5) is 23.0. The molecule has 102 valence electrons. The molecule has 1 heterocycles. The zero-order valence-corrected chi connectivity index (χ0v) is 11.2. The van der Waals surface area contributed by atoms with Gasteiger partial charge in [0.15, 0.2) is 0 Å². The highest BCUT2D eigenvalue weighted by Gasteiger charge is 2.20. The van der Waals surface area contributed by atoms with E-state index < -0.39 is 5.91 Å². The standard InChI is InChI=1S/C13H16ClN3O2/c14-10-7-8(4-5-9(10)12(15)18)17-13(19)11-3-1-2-6-16-11/h4-5,7,11,16H,1-3,6H2,(H2,15,18)(H,17,19). The minimum Gasteiger partial charge on any atom is -0.366 e. The molecule has 2 rings (SSSR count). The Bertz CT molecular complexity index is 499.